The summed E-state index contributed by atoms with van der Waals surface area (Å²) in [7, 11) is 7.42. The second kappa shape index (κ2) is 12.2. The van der Waals surface area contributed by atoms with Crippen LogP contribution in [0.3, 0.4) is 0 Å². The van der Waals surface area contributed by atoms with Crippen LogP contribution < -0.4 is 20.1 Å². The average Bonchev–Trinajstić information content (AvgIpc) is 2.65. The Morgan fingerprint density at radius 1 is 1.29 bits per heavy atom. The zero-order valence-electron chi connectivity index (χ0n) is 16.7. The molecule has 0 amide bonds. The molecule has 0 bridgehead atoms. The molecule has 1 aliphatic rings. The van der Waals surface area contributed by atoms with Gasteiger partial charge >= 0.3 is 6.61 Å². The summed E-state index contributed by atoms with van der Waals surface area (Å²) in [5.41, 5.74) is 0.562. The summed E-state index contributed by atoms with van der Waals surface area (Å²) < 4.78 is 35.0. The van der Waals surface area contributed by atoms with Gasteiger partial charge in [0.2, 0.25) is 0 Å². The van der Waals surface area contributed by atoms with Crippen LogP contribution in [0, 0.1) is 0 Å². The van der Waals surface area contributed by atoms with Gasteiger partial charge in [0, 0.05) is 51.4 Å². The maximum atomic E-state index is 12.6. The SMILES string of the molecule is CN=C(NCc1cc(OC)ccc1OC(F)F)NCC1CN(C)CCN1C.I. The highest BCUT2D eigenvalue weighted by atomic mass is 127. The van der Waals surface area contributed by atoms with E-state index in [0.29, 0.717) is 23.3 Å². The number of aliphatic imine (C=N–C) groups is 1. The molecule has 2 N–H and O–H groups in total. The number of piperazine rings is 1. The van der Waals surface area contributed by atoms with Crippen LogP contribution in [0.4, 0.5) is 8.78 Å². The first-order valence-electron chi connectivity index (χ1n) is 8.88. The third-order valence-corrected chi connectivity index (χ3v) is 4.64. The summed E-state index contributed by atoms with van der Waals surface area (Å²) in [5.74, 6) is 1.29. The van der Waals surface area contributed by atoms with Gasteiger partial charge in [0.25, 0.3) is 0 Å². The van der Waals surface area contributed by atoms with Crippen molar-refractivity contribution in [1.29, 1.82) is 0 Å². The molecule has 1 aliphatic heterocycles. The zero-order chi connectivity index (χ0) is 19.8. The van der Waals surface area contributed by atoms with Gasteiger partial charge < -0.3 is 25.0 Å². The Bertz CT molecular complexity index is 636. The molecule has 1 saturated heterocycles. The number of guanidine groups is 1. The predicted octanol–water partition coefficient (Wildman–Crippen LogP) is 1.83. The van der Waals surface area contributed by atoms with Crippen molar-refractivity contribution in [2.24, 2.45) is 4.99 Å². The van der Waals surface area contributed by atoms with E-state index in [2.05, 4.69) is 44.3 Å². The van der Waals surface area contributed by atoms with Gasteiger partial charge in [-0.3, -0.25) is 9.89 Å². The normalized spacial score (nSPS) is 18.5. The number of ether oxygens (including phenoxy) is 2. The van der Waals surface area contributed by atoms with Gasteiger partial charge in [0.15, 0.2) is 5.96 Å². The molecule has 0 spiro atoms. The molecule has 0 aromatic heterocycles. The molecule has 1 aromatic rings. The lowest BCUT2D eigenvalue weighted by atomic mass is 10.2. The highest BCUT2D eigenvalue weighted by molar-refractivity contribution is 14.0. The van der Waals surface area contributed by atoms with Crippen LogP contribution in [0.1, 0.15) is 5.56 Å². The topological polar surface area (TPSA) is 61.4 Å². The third kappa shape index (κ3) is 7.55. The van der Waals surface area contributed by atoms with Crippen molar-refractivity contribution in [2.45, 2.75) is 19.2 Å². The average molecular weight is 513 g/mol. The van der Waals surface area contributed by atoms with Crippen molar-refractivity contribution >= 4 is 29.9 Å². The Labute approximate surface area is 182 Å². The standard InChI is InChI=1S/C18H29F2N5O2.HI/c1-21-18(23-11-14-12-24(2)7-8-25(14)3)22-10-13-9-15(26-4)5-6-16(13)27-17(19)20;/h5-6,9,14,17H,7-8,10-12H2,1-4H3,(H2,21,22,23);1H. The van der Waals surface area contributed by atoms with E-state index in [1.807, 2.05) is 0 Å². The molecule has 1 fully saturated rings. The minimum atomic E-state index is -2.88. The molecule has 0 aliphatic carbocycles. The zero-order valence-corrected chi connectivity index (χ0v) is 19.1. The molecule has 160 valence electrons. The Morgan fingerprint density at radius 2 is 2.04 bits per heavy atom. The van der Waals surface area contributed by atoms with E-state index in [1.165, 1.54) is 13.2 Å². The Morgan fingerprint density at radius 3 is 2.68 bits per heavy atom. The summed E-state index contributed by atoms with van der Waals surface area (Å²) in [6.07, 6.45) is 0. The van der Waals surface area contributed by atoms with Gasteiger partial charge in [0.05, 0.1) is 7.11 Å². The van der Waals surface area contributed by atoms with Gasteiger partial charge in [-0.25, -0.2) is 0 Å². The first kappa shape index (κ1) is 24.6. The number of nitrogens with zero attached hydrogens (tertiary/aromatic N) is 3. The Hall–Kier alpha value is -1.40. The largest absolute Gasteiger partial charge is 0.497 e. The number of rotatable bonds is 7. The van der Waals surface area contributed by atoms with Crippen molar-refractivity contribution < 1.29 is 18.3 Å². The van der Waals surface area contributed by atoms with Gasteiger partial charge in [-0.05, 0) is 32.3 Å². The molecular weight excluding hydrogens is 483 g/mol. The second-order valence-electron chi connectivity index (χ2n) is 6.56. The number of methoxy groups -OCH3 is 1. The van der Waals surface area contributed by atoms with Crippen LogP contribution in [0.15, 0.2) is 23.2 Å². The molecule has 0 saturated carbocycles. The summed E-state index contributed by atoms with van der Waals surface area (Å²) in [6, 6.07) is 5.10. The Balaban J connectivity index is 0.00000392. The van der Waals surface area contributed by atoms with E-state index in [-0.39, 0.29) is 36.3 Å². The molecule has 2 rings (SSSR count). The summed E-state index contributed by atoms with van der Waals surface area (Å²) in [6.45, 7) is 1.19. The van der Waals surface area contributed by atoms with Crippen LogP contribution in [-0.2, 0) is 6.54 Å². The minimum absolute atomic E-state index is 0. The summed E-state index contributed by atoms with van der Waals surface area (Å²) in [4.78, 5) is 8.82. The lowest BCUT2D eigenvalue weighted by molar-refractivity contribution is -0.0504. The number of hydrogen-bond acceptors (Lipinski definition) is 5. The molecule has 7 nitrogen and oxygen atoms in total. The number of likely N-dealkylation sites (N-methyl/N-ethyl adjacent to an activating group) is 2. The van der Waals surface area contributed by atoms with Gasteiger partial charge in [0.1, 0.15) is 11.5 Å². The first-order valence-corrected chi connectivity index (χ1v) is 8.88. The van der Waals surface area contributed by atoms with E-state index >= 15 is 0 Å². The summed E-state index contributed by atoms with van der Waals surface area (Å²) in [5, 5.41) is 6.44. The smallest absolute Gasteiger partial charge is 0.387 e. The molecule has 28 heavy (non-hydrogen) atoms. The van der Waals surface area contributed by atoms with E-state index < -0.39 is 6.61 Å². The number of benzene rings is 1. The van der Waals surface area contributed by atoms with Crippen molar-refractivity contribution in [3.63, 3.8) is 0 Å². The van der Waals surface area contributed by atoms with Crippen LogP contribution in [0.5, 0.6) is 11.5 Å². The monoisotopic (exact) mass is 513 g/mol. The van der Waals surface area contributed by atoms with Crippen molar-refractivity contribution in [2.75, 3.05) is 54.4 Å². The molecule has 1 unspecified atom stereocenters. The van der Waals surface area contributed by atoms with Gasteiger partial charge in [-0.1, -0.05) is 0 Å². The maximum absolute atomic E-state index is 12.6. The van der Waals surface area contributed by atoms with E-state index in [4.69, 9.17) is 4.74 Å². The van der Waals surface area contributed by atoms with E-state index in [9.17, 15) is 8.78 Å². The molecule has 1 atom stereocenters. The van der Waals surface area contributed by atoms with E-state index in [1.54, 1.807) is 19.2 Å². The number of nitrogens with one attached hydrogen (secondary N) is 2. The Kier molecular flexibility index (Phi) is 10.8. The second-order valence-corrected chi connectivity index (χ2v) is 6.56. The predicted molar refractivity (Wildman–Crippen MR) is 117 cm³/mol. The quantitative estimate of drug-likeness (QED) is 0.330. The number of alkyl halides is 2. The fraction of sp³-hybridized carbons (Fsp3) is 0.611. The highest BCUT2D eigenvalue weighted by Crippen LogP contribution is 2.25. The molecule has 1 heterocycles. The van der Waals surface area contributed by atoms with Gasteiger partial charge in [-0.2, -0.15) is 8.78 Å². The fourth-order valence-electron chi connectivity index (χ4n) is 2.97. The van der Waals surface area contributed by atoms with Gasteiger partial charge in [-0.15, -0.1) is 24.0 Å². The highest BCUT2D eigenvalue weighted by Gasteiger charge is 2.22. The van der Waals surface area contributed by atoms with Crippen molar-refractivity contribution in [3.05, 3.63) is 23.8 Å². The molecule has 10 heteroatoms. The first-order chi connectivity index (χ1) is 12.9. The molecule has 1 aromatic carbocycles. The van der Waals surface area contributed by atoms with Crippen molar-refractivity contribution in [3.8, 4) is 11.5 Å². The lowest BCUT2D eigenvalue weighted by Crippen LogP contribution is -2.55. The van der Waals surface area contributed by atoms with Crippen LogP contribution >= 0.6 is 24.0 Å². The van der Waals surface area contributed by atoms with Crippen molar-refractivity contribution in [1.82, 2.24) is 20.4 Å². The maximum Gasteiger partial charge on any atom is 0.387 e. The van der Waals surface area contributed by atoms with Crippen LogP contribution in [0.2, 0.25) is 0 Å². The third-order valence-electron chi connectivity index (χ3n) is 4.64. The fourth-order valence-corrected chi connectivity index (χ4v) is 2.97. The minimum Gasteiger partial charge on any atom is -0.497 e. The van der Waals surface area contributed by atoms with E-state index in [0.717, 1.165) is 26.2 Å². The van der Waals surface area contributed by atoms with Crippen LogP contribution in [0.25, 0.3) is 0 Å². The molecule has 0 radical (unpaired) electrons. The molecular formula is C18H30F2IN5O2. The number of halogens is 3. The number of hydrogen-bond donors (Lipinski definition) is 2. The summed E-state index contributed by atoms with van der Waals surface area (Å²) >= 11 is 0. The lowest BCUT2D eigenvalue weighted by Gasteiger charge is -2.37. The van der Waals surface area contributed by atoms with Crippen LogP contribution in [-0.4, -0.2) is 82.8 Å².